The van der Waals surface area contributed by atoms with E-state index in [2.05, 4.69) is 22.5 Å². The summed E-state index contributed by atoms with van der Waals surface area (Å²) in [5.74, 6) is 0.939. The van der Waals surface area contributed by atoms with E-state index in [0.717, 1.165) is 97.2 Å². The van der Waals surface area contributed by atoms with Gasteiger partial charge in [0.1, 0.15) is 0 Å². The summed E-state index contributed by atoms with van der Waals surface area (Å²) in [5, 5.41) is 6.96. The predicted molar refractivity (Wildman–Crippen MR) is 105 cm³/mol. The highest BCUT2D eigenvalue weighted by Crippen LogP contribution is 2.11. The molecule has 0 saturated carbocycles. The molecule has 7 heteroatoms. The van der Waals surface area contributed by atoms with E-state index in [-0.39, 0.29) is 0 Å². The third-order valence-electron chi connectivity index (χ3n) is 4.98. The topological polar surface area (TPSA) is 67.4 Å². The van der Waals surface area contributed by atoms with Crippen LogP contribution in [0.4, 0.5) is 0 Å². The zero-order valence-corrected chi connectivity index (χ0v) is 16.7. The first-order valence-corrected chi connectivity index (χ1v) is 10.3. The Morgan fingerprint density at radius 1 is 1.15 bits per heavy atom. The second-order valence-electron chi connectivity index (χ2n) is 7.05. The molecule has 0 amide bonds. The molecule has 7 nitrogen and oxygen atoms in total. The summed E-state index contributed by atoms with van der Waals surface area (Å²) in [5.41, 5.74) is 0. The van der Waals surface area contributed by atoms with Crippen molar-refractivity contribution in [3.05, 3.63) is 0 Å². The zero-order chi connectivity index (χ0) is 18.5. The molecule has 2 fully saturated rings. The minimum atomic E-state index is 0.377. The lowest BCUT2D eigenvalue weighted by molar-refractivity contribution is -0.0318. The number of methoxy groups -OCH3 is 1. The molecule has 0 aliphatic carbocycles. The zero-order valence-electron chi connectivity index (χ0n) is 16.7. The third-order valence-corrected chi connectivity index (χ3v) is 4.98. The van der Waals surface area contributed by atoms with E-state index in [1.807, 2.05) is 0 Å². The van der Waals surface area contributed by atoms with E-state index in [4.69, 9.17) is 19.2 Å². The SMILES string of the molecule is CCNC(=NCCCOC1CCOCC1)NC1CCN(CCOC)CC1. The molecular formula is C19H38N4O3. The Balaban J connectivity index is 1.61. The number of piperidine rings is 1. The second kappa shape index (κ2) is 13.3. The van der Waals surface area contributed by atoms with Crippen molar-refractivity contribution >= 4 is 5.96 Å². The Labute approximate surface area is 158 Å². The van der Waals surface area contributed by atoms with Crippen molar-refractivity contribution in [2.24, 2.45) is 4.99 Å². The molecule has 26 heavy (non-hydrogen) atoms. The standard InChI is InChI=1S/C19H38N4O3/c1-3-20-19(21-9-4-13-26-18-7-14-25-15-8-18)22-17-5-10-23(11-6-17)12-16-24-2/h17-18H,3-16H2,1-2H3,(H2,20,21,22). The van der Waals surface area contributed by atoms with Crippen LogP contribution in [-0.4, -0.2) is 89.3 Å². The number of ether oxygens (including phenoxy) is 3. The molecule has 2 N–H and O–H groups in total. The van der Waals surface area contributed by atoms with Gasteiger partial charge in [-0.1, -0.05) is 0 Å². The van der Waals surface area contributed by atoms with Gasteiger partial charge in [0.2, 0.25) is 0 Å². The molecule has 0 spiro atoms. The van der Waals surface area contributed by atoms with Crippen molar-refractivity contribution in [2.75, 3.05) is 66.3 Å². The highest BCUT2D eigenvalue weighted by atomic mass is 16.5. The summed E-state index contributed by atoms with van der Waals surface area (Å²) < 4.78 is 16.4. The first-order valence-electron chi connectivity index (χ1n) is 10.3. The van der Waals surface area contributed by atoms with E-state index in [1.54, 1.807) is 7.11 Å². The highest BCUT2D eigenvalue weighted by Gasteiger charge is 2.19. The van der Waals surface area contributed by atoms with Crippen LogP contribution in [0, 0.1) is 0 Å². The van der Waals surface area contributed by atoms with E-state index in [1.165, 1.54) is 0 Å². The van der Waals surface area contributed by atoms with Crippen LogP contribution >= 0.6 is 0 Å². The number of aliphatic imine (C=N–C) groups is 1. The Bertz CT molecular complexity index is 381. The lowest BCUT2D eigenvalue weighted by Gasteiger charge is -2.32. The maximum atomic E-state index is 5.91. The van der Waals surface area contributed by atoms with Crippen molar-refractivity contribution in [1.82, 2.24) is 15.5 Å². The molecule has 2 rings (SSSR count). The number of rotatable bonds is 10. The van der Waals surface area contributed by atoms with Crippen molar-refractivity contribution in [1.29, 1.82) is 0 Å². The van der Waals surface area contributed by atoms with Gasteiger partial charge in [0.15, 0.2) is 5.96 Å². The molecule has 2 heterocycles. The molecule has 0 aromatic heterocycles. The fourth-order valence-corrected chi connectivity index (χ4v) is 3.38. The van der Waals surface area contributed by atoms with Crippen molar-refractivity contribution in [3.63, 3.8) is 0 Å². The van der Waals surface area contributed by atoms with Crippen molar-refractivity contribution < 1.29 is 14.2 Å². The molecule has 0 unspecified atom stereocenters. The Kier molecular flexibility index (Phi) is 11.0. The van der Waals surface area contributed by atoms with Gasteiger partial charge < -0.3 is 29.7 Å². The van der Waals surface area contributed by atoms with Gasteiger partial charge in [-0.2, -0.15) is 0 Å². The molecular weight excluding hydrogens is 332 g/mol. The number of guanidine groups is 1. The van der Waals surface area contributed by atoms with E-state index in [0.29, 0.717) is 12.1 Å². The van der Waals surface area contributed by atoms with E-state index in [9.17, 15) is 0 Å². The minimum Gasteiger partial charge on any atom is -0.383 e. The van der Waals surface area contributed by atoms with Crippen LogP contribution in [0.5, 0.6) is 0 Å². The van der Waals surface area contributed by atoms with Crippen LogP contribution in [-0.2, 0) is 14.2 Å². The molecule has 0 aromatic rings. The van der Waals surface area contributed by atoms with Gasteiger partial charge in [0.05, 0.1) is 12.7 Å². The molecule has 0 bridgehead atoms. The molecule has 0 atom stereocenters. The lowest BCUT2D eigenvalue weighted by atomic mass is 10.1. The smallest absolute Gasteiger partial charge is 0.191 e. The van der Waals surface area contributed by atoms with Gasteiger partial charge in [0, 0.05) is 65.7 Å². The fourth-order valence-electron chi connectivity index (χ4n) is 3.38. The second-order valence-corrected chi connectivity index (χ2v) is 7.05. The molecule has 2 aliphatic rings. The number of likely N-dealkylation sites (tertiary alicyclic amines) is 1. The van der Waals surface area contributed by atoms with Crippen LogP contribution in [0.15, 0.2) is 4.99 Å². The summed E-state index contributed by atoms with van der Waals surface area (Å²) >= 11 is 0. The molecule has 2 aliphatic heterocycles. The van der Waals surface area contributed by atoms with Gasteiger partial charge in [-0.3, -0.25) is 4.99 Å². The van der Waals surface area contributed by atoms with E-state index >= 15 is 0 Å². The molecule has 0 aromatic carbocycles. The molecule has 2 saturated heterocycles. The molecule has 0 radical (unpaired) electrons. The van der Waals surface area contributed by atoms with Gasteiger partial charge in [0.25, 0.3) is 0 Å². The van der Waals surface area contributed by atoms with Gasteiger partial charge in [-0.15, -0.1) is 0 Å². The van der Waals surface area contributed by atoms with Gasteiger partial charge >= 0.3 is 0 Å². The van der Waals surface area contributed by atoms with Crippen LogP contribution < -0.4 is 10.6 Å². The van der Waals surface area contributed by atoms with Crippen LogP contribution in [0.25, 0.3) is 0 Å². The largest absolute Gasteiger partial charge is 0.383 e. The maximum absolute atomic E-state index is 5.91. The van der Waals surface area contributed by atoms with Gasteiger partial charge in [-0.25, -0.2) is 0 Å². The third kappa shape index (κ3) is 8.66. The van der Waals surface area contributed by atoms with E-state index < -0.39 is 0 Å². The normalized spacial score (nSPS) is 21.1. The van der Waals surface area contributed by atoms with Crippen molar-refractivity contribution in [3.8, 4) is 0 Å². The predicted octanol–water partition coefficient (Wildman–Crippen LogP) is 1.24. The summed E-state index contributed by atoms with van der Waals surface area (Å²) in [6.07, 6.45) is 5.70. The van der Waals surface area contributed by atoms with Crippen LogP contribution in [0.1, 0.15) is 39.0 Å². The number of nitrogens with zero attached hydrogens (tertiary/aromatic N) is 2. The Morgan fingerprint density at radius 2 is 1.92 bits per heavy atom. The summed E-state index contributed by atoms with van der Waals surface area (Å²) in [4.78, 5) is 7.19. The maximum Gasteiger partial charge on any atom is 0.191 e. The first-order chi connectivity index (χ1) is 12.8. The first kappa shape index (κ1) is 21.4. The highest BCUT2D eigenvalue weighted by molar-refractivity contribution is 5.80. The fraction of sp³-hybridized carbons (Fsp3) is 0.947. The molecule has 152 valence electrons. The number of nitrogens with one attached hydrogen (secondary N) is 2. The van der Waals surface area contributed by atoms with Crippen molar-refractivity contribution in [2.45, 2.75) is 51.2 Å². The number of hydrogen-bond acceptors (Lipinski definition) is 5. The number of hydrogen-bond donors (Lipinski definition) is 2. The average molecular weight is 371 g/mol. The summed E-state index contributed by atoms with van der Waals surface area (Å²) in [7, 11) is 1.77. The minimum absolute atomic E-state index is 0.377. The van der Waals surface area contributed by atoms with Crippen LogP contribution in [0.2, 0.25) is 0 Å². The monoisotopic (exact) mass is 370 g/mol. The van der Waals surface area contributed by atoms with Crippen LogP contribution in [0.3, 0.4) is 0 Å². The lowest BCUT2D eigenvalue weighted by Crippen LogP contribution is -2.49. The summed E-state index contributed by atoms with van der Waals surface area (Å²) in [6, 6.07) is 0.505. The Morgan fingerprint density at radius 3 is 2.62 bits per heavy atom. The summed E-state index contributed by atoms with van der Waals surface area (Å²) in [6.45, 7) is 10.3. The quantitative estimate of drug-likeness (QED) is 0.343. The Hall–Kier alpha value is -0.890. The van der Waals surface area contributed by atoms with Gasteiger partial charge in [-0.05, 0) is 39.0 Å². The average Bonchev–Trinajstić information content (AvgIpc) is 2.68.